The van der Waals surface area contributed by atoms with Crippen LogP contribution in [0.4, 0.5) is 0 Å². The van der Waals surface area contributed by atoms with Gasteiger partial charge in [0.15, 0.2) is 5.75 Å². The second-order valence-corrected chi connectivity index (χ2v) is 4.73. The van der Waals surface area contributed by atoms with Gasteiger partial charge >= 0.3 is 0 Å². The van der Waals surface area contributed by atoms with E-state index in [4.69, 9.17) is 37.8 Å². The molecule has 7 heteroatoms. The van der Waals surface area contributed by atoms with Crippen LogP contribution in [0.25, 0.3) is 0 Å². The minimum Gasteiger partial charge on any atom is -0.494 e. The average molecular weight is 322 g/mol. The summed E-state index contributed by atoms with van der Waals surface area (Å²) in [6, 6.07) is 3.01. The number of amides is 1. The average Bonchev–Trinajstić information content (AvgIpc) is 2.42. The molecule has 0 saturated carbocycles. The van der Waals surface area contributed by atoms with Crippen molar-refractivity contribution in [3.05, 3.63) is 27.7 Å². The summed E-state index contributed by atoms with van der Waals surface area (Å²) in [7, 11) is 1.46. The minimum atomic E-state index is -0.265. The lowest BCUT2D eigenvalue weighted by Gasteiger charge is -2.09. The van der Waals surface area contributed by atoms with Crippen LogP contribution in [0.5, 0.6) is 5.75 Å². The smallest absolute Gasteiger partial charge is 0.251 e. The van der Waals surface area contributed by atoms with E-state index in [1.54, 1.807) is 0 Å². The van der Waals surface area contributed by atoms with Crippen LogP contribution in [0, 0.1) is 0 Å². The molecular weight excluding hydrogens is 305 g/mol. The number of halogens is 2. The fourth-order valence-corrected chi connectivity index (χ4v) is 2.17. The predicted molar refractivity (Wildman–Crippen MR) is 77.9 cm³/mol. The quantitative estimate of drug-likeness (QED) is 0.720. The van der Waals surface area contributed by atoms with Crippen LogP contribution in [0.1, 0.15) is 16.8 Å². The number of hydrogen-bond donors (Lipinski definition) is 2. The van der Waals surface area contributed by atoms with Crippen LogP contribution < -0.4 is 10.1 Å². The van der Waals surface area contributed by atoms with E-state index in [0.717, 1.165) is 0 Å². The minimum absolute atomic E-state index is 0.00476. The van der Waals surface area contributed by atoms with Crippen LogP contribution in [-0.4, -0.2) is 44.5 Å². The van der Waals surface area contributed by atoms with Crippen molar-refractivity contribution in [3.8, 4) is 5.75 Å². The molecule has 1 amide bonds. The molecule has 112 valence electrons. The zero-order chi connectivity index (χ0) is 15.0. The molecule has 0 spiro atoms. The van der Waals surface area contributed by atoms with Crippen molar-refractivity contribution in [3.63, 3.8) is 0 Å². The lowest BCUT2D eigenvalue weighted by Crippen LogP contribution is -2.25. The highest BCUT2D eigenvalue weighted by Crippen LogP contribution is 2.33. The first-order valence-electron chi connectivity index (χ1n) is 6.10. The number of methoxy groups -OCH3 is 1. The third-order valence-corrected chi connectivity index (χ3v) is 3.01. The number of ether oxygens (including phenoxy) is 2. The summed E-state index contributed by atoms with van der Waals surface area (Å²) in [6.45, 7) is 1.24. The molecular formula is C13H17Cl2NO4. The van der Waals surface area contributed by atoms with E-state index in [-0.39, 0.29) is 22.6 Å². The monoisotopic (exact) mass is 321 g/mol. The maximum atomic E-state index is 11.9. The molecule has 0 aliphatic carbocycles. The number of nitrogens with one attached hydrogen (secondary N) is 1. The van der Waals surface area contributed by atoms with Crippen LogP contribution >= 0.6 is 23.2 Å². The summed E-state index contributed by atoms with van der Waals surface area (Å²) in [5.41, 5.74) is 0.372. The van der Waals surface area contributed by atoms with Crippen LogP contribution in [-0.2, 0) is 4.74 Å². The summed E-state index contributed by atoms with van der Waals surface area (Å²) < 4.78 is 10.1. The number of carbonyl (C=O) groups is 1. The van der Waals surface area contributed by atoms with Gasteiger partial charge in [-0.3, -0.25) is 4.79 Å². The van der Waals surface area contributed by atoms with Crippen LogP contribution in [0.15, 0.2) is 12.1 Å². The fourth-order valence-electron chi connectivity index (χ4n) is 1.53. The van der Waals surface area contributed by atoms with E-state index in [0.29, 0.717) is 37.5 Å². The lowest BCUT2D eigenvalue weighted by molar-refractivity contribution is 0.0867. The molecule has 0 fully saturated rings. The maximum Gasteiger partial charge on any atom is 0.251 e. The van der Waals surface area contributed by atoms with Crippen LogP contribution in [0.3, 0.4) is 0 Å². The predicted octanol–water partition coefficient (Wildman–Crippen LogP) is 2.13. The number of carbonyl (C=O) groups excluding carboxylic acids is 1. The zero-order valence-electron chi connectivity index (χ0n) is 11.1. The largest absolute Gasteiger partial charge is 0.494 e. The standard InChI is InChI=1S/C13H17Cl2NO4/c1-19-12-10(14)7-9(8-11(12)15)13(18)16-3-2-5-20-6-4-17/h7-8,17H,2-6H2,1H3,(H,16,18). The SMILES string of the molecule is COc1c(Cl)cc(C(=O)NCCCOCCO)cc1Cl. The van der Waals surface area contributed by atoms with Gasteiger partial charge in [0.05, 0.1) is 30.4 Å². The molecule has 1 rings (SSSR count). The Bertz CT molecular complexity index is 431. The van der Waals surface area contributed by atoms with E-state index in [1.165, 1.54) is 19.2 Å². The van der Waals surface area contributed by atoms with E-state index >= 15 is 0 Å². The van der Waals surface area contributed by atoms with E-state index in [2.05, 4.69) is 5.32 Å². The van der Waals surface area contributed by atoms with Gasteiger partial charge in [-0.15, -0.1) is 0 Å². The second kappa shape index (κ2) is 9.02. The van der Waals surface area contributed by atoms with Gasteiger partial charge < -0.3 is 19.9 Å². The third kappa shape index (κ3) is 5.17. The molecule has 0 atom stereocenters. The molecule has 5 nitrogen and oxygen atoms in total. The Morgan fingerprint density at radius 1 is 1.30 bits per heavy atom. The van der Waals surface area contributed by atoms with Crippen molar-refractivity contribution < 1.29 is 19.4 Å². The first-order valence-corrected chi connectivity index (χ1v) is 6.85. The van der Waals surface area contributed by atoms with Gasteiger partial charge in [-0.05, 0) is 18.6 Å². The summed E-state index contributed by atoms with van der Waals surface area (Å²) in [5, 5.41) is 11.8. The summed E-state index contributed by atoms with van der Waals surface area (Å²) >= 11 is 11.9. The molecule has 0 aromatic heterocycles. The highest BCUT2D eigenvalue weighted by molar-refractivity contribution is 6.37. The van der Waals surface area contributed by atoms with Crippen molar-refractivity contribution in [2.45, 2.75) is 6.42 Å². The number of hydrogen-bond acceptors (Lipinski definition) is 4. The Labute approximate surface area is 127 Å². The lowest BCUT2D eigenvalue weighted by atomic mass is 10.2. The topological polar surface area (TPSA) is 67.8 Å². The van der Waals surface area contributed by atoms with E-state index < -0.39 is 0 Å². The fraction of sp³-hybridized carbons (Fsp3) is 0.462. The Hall–Kier alpha value is -1.01. The van der Waals surface area contributed by atoms with Crippen molar-refractivity contribution in [2.24, 2.45) is 0 Å². The maximum absolute atomic E-state index is 11.9. The zero-order valence-corrected chi connectivity index (χ0v) is 12.6. The summed E-state index contributed by atoms with van der Waals surface area (Å²) in [6.07, 6.45) is 0.656. The van der Waals surface area contributed by atoms with Crippen molar-refractivity contribution in [1.82, 2.24) is 5.32 Å². The van der Waals surface area contributed by atoms with Gasteiger partial charge in [-0.2, -0.15) is 0 Å². The van der Waals surface area contributed by atoms with Gasteiger partial charge in [0, 0.05) is 18.7 Å². The van der Waals surface area contributed by atoms with Crippen molar-refractivity contribution in [1.29, 1.82) is 0 Å². The summed E-state index contributed by atoms with van der Waals surface area (Å²) in [5.74, 6) is 0.0842. The van der Waals surface area contributed by atoms with Gasteiger partial charge in [0.25, 0.3) is 5.91 Å². The molecule has 1 aromatic rings. The first kappa shape index (κ1) is 17.0. The normalized spacial score (nSPS) is 10.4. The number of aliphatic hydroxyl groups excluding tert-OH is 1. The molecule has 0 bridgehead atoms. The molecule has 0 heterocycles. The Balaban J connectivity index is 2.48. The summed E-state index contributed by atoms with van der Waals surface area (Å²) in [4.78, 5) is 11.9. The Morgan fingerprint density at radius 2 is 1.95 bits per heavy atom. The molecule has 0 unspecified atom stereocenters. The van der Waals surface area contributed by atoms with Gasteiger partial charge in [-0.25, -0.2) is 0 Å². The first-order chi connectivity index (χ1) is 9.60. The second-order valence-electron chi connectivity index (χ2n) is 3.92. The highest BCUT2D eigenvalue weighted by atomic mass is 35.5. The molecule has 1 aromatic carbocycles. The number of benzene rings is 1. The molecule has 20 heavy (non-hydrogen) atoms. The molecule has 0 aliphatic heterocycles. The molecule has 0 aliphatic rings. The molecule has 0 radical (unpaired) electrons. The van der Waals surface area contributed by atoms with Crippen LogP contribution in [0.2, 0.25) is 10.0 Å². The van der Waals surface area contributed by atoms with E-state index in [9.17, 15) is 4.79 Å². The Kier molecular flexibility index (Phi) is 7.69. The number of rotatable bonds is 8. The molecule has 2 N–H and O–H groups in total. The molecule has 0 saturated heterocycles. The third-order valence-electron chi connectivity index (χ3n) is 2.45. The highest BCUT2D eigenvalue weighted by Gasteiger charge is 2.13. The number of aliphatic hydroxyl groups is 1. The van der Waals surface area contributed by atoms with Crippen molar-refractivity contribution >= 4 is 29.1 Å². The van der Waals surface area contributed by atoms with Crippen molar-refractivity contribution in [2.75, 3.05) is 33.5 Å². The van der Waals surface area contributed by atoms with Gasteiger partial charge in [0.1, 0.15) is 0 Å². The van der Waals surface area contributed by atoms with Gasteiger partial charge in [-0.1, -0.05) is 23.2 Å². The van der Waals surface area contributed by atoms with E-state index in [1.807, 2.05) is 0 Å². The Morgan fingerprint density at radius 3 is 2.50 bits per heavy atom. The van der Waals surface area contributed by atoms with Gasteiger partial charge in [0.2, 0.25) is 0 Å².